The van der Waals surface area contributed by atoms with Gasteiger partial charge in [0.05, 0.1) is 20.6 Å². The third-order valence-corrected chi connectivity index (χ3v) is 3.11. The molecule has 2 N–H and O–H groups in total. The Hall–Kier alpha value is -2.50. The number of methoxy groups -OCH3 is 2. The van der Waals surface area contributed by atoms with Crippen LogP contribution >= 0.6 is 0 Å². The van der Waals surface area contributed by atoms with Crippen molar-refractivity contribution in [1.82, 2.24) is 5.32 Å². The molecule has 0 aliphatic rings. The van der Waals surface area contributed by atoms with E-state index in [1.807, 2.05) is 0 Å². The van der Waals surface area contributed by atoms with E-state index in [1.54, 1.807) is 24.3 Å². The Bertz CT molecular complexity index is 541. The quantitative estimate of drug-likeness (QED) is 0.679. The molecule has 0 saturated heterocycles. The monoisotopic (exact) mass is 307 g/mol. The van der Waals surface area contributed by atoms with Gasteiger partial charge < -0.3 is 19.9 Å². The molecule has 0 radical (unpaired) electrons. The molecule has 0 aromatic heterocycles. The molecule has 0 spiro atoms. The number of carboxylic acids is 1. The predicted octanol–water partition coefficient (Wildman–Crippen LogP) is 1.78. The van der Waals surface area contributed by atoms with E-state index in [2.05, 4.69) is 11.9 Å². The van der Waals surface area contributed by atoms with Crippen molar-refractivity contribution >= 4 is 11.9 Å². The van der Waals surface area contributed by atoms with Crippen molar-refractivity contribution in [2.75, 3.05) is 14.2 Å². The summed E-state index contributed by atoms with van der Waals surface area (Å²) in [5, 5.41) is 11.6. The lowest BCUT2D eigenvalue weighted by Gasteiger charge is -2.14. The summed E-state index contributed by atoms with van der Waals surface area (Å²) in [7, 11) is 3.04. The van der Waals surface area contributed by atoms with Crippen LogP contribution in [-0.2, 0) is 16.0 Å². The lowest BCUT2D eigenvalue weighted by molar-refractivity contribution is -0.141. The second kappa shape index (κ2) is 8.71. The molecule has 22 heavy (non-hydrogen) atoms. The van der Waals surface area contributed by atoms with Crippen molar-refractivity contribution in [3.05, 3.63) is 36.4 Å². The first-order valence-corrected chi connectivity index (χ1v) is 6.85. The third-order valence-electron chi connectivity index (χ3n) is 3.11. The highest BCUT2D eigenvalue weighted by molar-refractivity contribution is 5.84. The summed E-state index contributed by atoms with van der Waals surface area (Å²) in [6, 6.07) is 4.22. The van der Waals surface area contributed by atoms with Gasteiger partial charge >= 0.3 is 5.97 Å². The predicted molar refractivity (Wildman–Crippen MR) is 82.2 cm³/mol. The van der Waals surface area contributed by atoms with Gasteiger partial charge in [-0.3, -0.25) is 4.79 Å². The van der Waals surface area contributed by atoms with Crippen molar-refractivity contribution < 1.29 is 24.2 Å². The number of rotatable bonds is 9. The summed E-state index contributed by atoms with van der Waals surface area (Å²) in [5.41, 5.74) is 0.711. The highest BCUT2D eigenvalue weighted by atomic mass is 16.5. The van der Waals surface area contributed by atoms with E-state index in [4.69, 9.17) is 14.6 Å². The first-order chi connectivity index (χ1) is 10.5. The van der Waals surface area contributed by atoms with Crippen LogP contribution < -0.4 is 14.8 Å². The van der Waals surface area contributed by atoms with E-state index >= 15 is 0 Å². The number of amides is 1. The fourth-order valence-corrected chi connectivity index (χ4v) is 1.96. The van der Waals surface area contributed by atoms with Crippen LogP contribution in [0, 0.1) is 0 Å². The van der Waals surface area contributed by atoms with Crippen molar-refractivity contribution in [2.45, 2.75) is 25.3 Å². The fourth-order valence-electron chi connectivity index (χ4n) is 1.96. The number of ether oxygens (including phenoxy) is 2. The Labute approximate surface area is 129 Å². The summed E-state index contributed by atoms with van der Waals surface area (Å²) in [6.45, 7) is 3.54. The van der Waals surface area contributed by atoms with Crippen LogP contribution in [-0.4, -0.2) is 37.2 Å². The Morgan fingerprint density at radius 2 is 2.00 bits per heavy atom. The third kappa shape index (κ3) is 5.12. The second-order valence-corrected chi connectivity index (χ2v) is 4.69. The number of carbonyl (C=O) groups is 2. The molecule has 0 saturated carbocycles. The first kappa shape index (κ1) is 17.6. The summed E-state index contributed by atoms with van der Waals surface area (Å²) < 4.78 is 10.3. The van der Waals surface area contributed by atoms with Gasteiger partial charge in [0.25, 0.3) is 0 Å². The van der Waals surface area contributed by atoms with Gasteiger partial charge in [-0.25, -0.2) is 4.79 Å². The molecule has 6 heteroatoms. The fraction of sp³-hybridized carbons (Fsp3) is 0.375. The van der Waals surface area contributed by atoms with Crippen molar-refractivity contribution in [1.29, 1.82) is 0 Å². The average Bonchev–Trinajstić information content (AvgIpc) is 2.50. The summed E-state index contributed by atoms with van der Waals surface area (Å²) in [6.07, 6.45) is 2.53. The van der Waals surface area contributed by atoms with Crippen LogP contribution in [0.1, 0.15) is 18.4 Å². The lowest BCUT2D eigenvalue weighted by Crippen LogP contribution is -2.41. The summed E-state index contributed by atoms with van der Waals surface area (Å²) in [5.74, 6) is -0.318. The van der Waals surface area contributed by atoms with Gasteiger partial charge in [0, 0.05) is 0 Å². The second-order valence-electron chi connectivity index (χ2n) is 4.69. The van der Waals surface area contributed by atoms with E-state index in [0.29, 0.717) is 29.9 Å². The normalized spacial score (nSPS) is 11.4. The van der Waals surface area contributed by atoms with Crippen LogP contribution in [0.3, 0.4) is 0 Å². The van der Waals surface area contributed by atoms with Crippen LogP contribution in [0.25, 0.3) is 0 Å². The molecular weight excluding hydrogens is 286 g/mol. The zero-order chi connectivity index (χ0) is 16.5. The number of benzene rings is 1. The molecule has 6 nitrogen and oxygen atoms in total. The number of carboxylic acid groups (broad SMARTS) is 1. The maximum Gasteiger partial charge on any atom is 0.326 e. The van der Waals surface area contributed by atoms with Crippen molar-refractivity contribution in [2.24, 2.45) is 0 Å². The van der Waals surface area contributed by atoms with Crippen molar-refractivity contribution in [3.8, 4) is 11.5 Å². The Kier molecular flexibility index (Phi) is 6.95. The highest BCUT2D eigenvalue weighted by Crippen LogP contribution is 2.27. The number of carbonyl (C=O) groups excluding carboxylic acids is 1. The van der Waals surface area contributed by atoms with Gasteiger partial charge in [0.2, 0.25) is 5.91 Å². The molecule has 120 valence electrons. The molecule has 1 atom stereocenters. The number of allylic oxidation sites excluding steroid dienone is 1. The molecule has 1 unspecified atom stereocenters. The Morgan fingerprint density at radius 3 is 2.55 bits per heavy atom. The topological polar surface area (TPSA) is 84.9 Å². The molecule has 1 aromatic rings. The largest absolute Gasteiger partial charge is 0.493 e. The number of hydrogen-bond donors (Lipinski definition) is 2. The van der Waals surface area contributed by atoms with Gasteiger partial charge in [-0.2, -0.15) is 0 Å². The van der Waals surface area contributed by atoms with Crippen LogP contribution in [0.15, 0.2) is 30.9 Å². The summed E-state index contributed by atoms with van der Waals surface area (Å²) in [4.78, 5) is 23.1. The minimum atomic E-state index is -1.05. The van der Waals surface area contributed by atoms with Gasteiger partial charge in [-0.1, -0.05) is 12.1 Å². The van der Waals surface area contributed by atoms with E-state index in [1.165, 1.54) is 14.2 Å². The smallest absolute Gasteiger partial charge is 0.326 e. The molecule has 0 aliphatic heterocycles. The van der Waals surface area contributed by atoms with E-state index in [0.717, 1.165) is 0 Å². The molecule has 0 aliphatic carbocycles. The molecule has 1 rings (SSSR count). The molecule has 0 fully saturated rings. The van der Waals surface area contributed by atoms with Crippen LogP contribution in [0.4, 0.5) is 0 Å². The standard InChI is InChI=1S/C16H21NO5/c1-4-5-6-12(16(19)20)17-15(18)10-11-7-8-13(21-2)14(9-11)22-3/h4,7-9,12H,1,5-6,10H2,2-3H3,(H,17,18)(H,19,20). The van der Waals surface area contributed by atoms with Crippen LogP contribution in [0.2, 0.25) is 0 Å². The highest BCUT2D eigenvalue weighted by Gasteiger charge is 2.19. The van der Waals surface area contributed by atoms with Crippen molar-refractivity contribution in [3.63, 3.8) is 0 Å². The lowest BCUT2D eigenvalue weighted by atomic mass is 10.1. The average molecular weight is 307 g/mol. The van der Waals surface area contributed by atoms with Gasteiger partial charge in [-0.15, -0.1) is 6.58 Å². The van der Waals surface area contributed by atoms with Crippen LogP contribution in [0.5, 0.6) is 11.5 Å². The first-order valence-electron chi connectivity index (χ1n) is 6.85. The van der Waals surface area contributed by atoms with E-state index < -0.39 is 12.0 Å². The Morgan fingerprint density at radius 1 is 1.32 bits per heavy atom. The molecule has 1 aromatic carbocycles. The minimum Gasteiger partial charge on any atom is -0.493 e. The van der Waals surface area contributed by atoms with Gasteiger partial charge in [0.1, 0.15) is 6.04 Å². The molecule has 0 heterocycles. The molecular formula is C16H21NO5. The summed E-state index contributed by atoms with van der Waals surface area (Å²) >= 11 is 0. The van der Waals surface area contributed by atoms with E-state index in [9.17, 15) is 9.59 Å². The molecule has 1 amide bonds. The maximum atomic E-state index is 12.0. The number of hydrogen-bond acceptors (Lipinski definition) is 4. The zero-order valence-corrected chi connectivity index (χ0v) is 12.8. The maximum absolute atomic E-state index is 12.0. The van der Waals surface area contributed by atoms with Gasteiger partial charge in [-0.05, 0) is 30.5 Å². The Balaban J connectivity index is 2.71. The molecule has 0 bridgehead atoms. The zero-order valence-electron chi connectivity index (χ0n) is 12.8. The van der Waals surface area contributed by atoms with E-state index in [-0.39, 0.29) is 12.3 Å². The van der Waals surface area contributed by atoms with Gasteiger partial charge in [0.15, 0.2) is 11.5 Å². The number of nitrogens with one attached hydrogen (secondary N) is 1. The SMILES string of the molecule is C=CCCC(NC(=O)Cc1ccc(OC)c(OC)c1)C(=O)O. The minimum absolute atomic E-state index is 0.0677. The number of aliphatic carboxylic acids is 1.